The van der Waals surface area contributed by atoms with Crippen LogP contribution < -0.4 is 5.63 Å². The molecule has 0 saturated carbocycles. The molecule has 1 saturated heterocycles. The number of aromatic hydroxyl groups is 1. The highest BCUT2D eigenvalue weighted by Crippen LogP contribution is 2.28. The van der Waals surface area contributed by atoms with Crippen LogP contribution in [-0.2, 0) is 24.2 Å². The van der Waals surface area contributed by atoms with E-state index in [-0.39, 0.29) is 17.5 Å². The van der Waals surface area contributed by atoms with Gasteiger partial charge in [0, 0.05) is 48.6 Å². The maximum absolute atomic E-state index is 12.1. The predicted molar refractivity (Wildman–Crippen MR) is 111 cm³/mol. The molecular formula is C22H25NO4S. The highest BCUT2D eigenvalue weighted by Gasteiger charge is 2.21. The average Bonchev–Trinajstić information content (AvgIpc) is 3.35. The van der Waals surface area contributed by atoms with Gasteiger partial charge in [0.1, 0.15) is 11.3 Å². The van der Waals surface area contributed by atoms with Crippen molar-refractivity contribution in [3.05, 3.63) is 62.1 Å². The van der Waals surface area contributed by atoms with Crippen LogP contribution in [0.2, 0.25) is 0 Å². The van der Waals surface area contributed by atoms with Gasteiger partial charge in [-0.1, -0.05) is 13.0 Å². The summed E-state index contributed by atoms with van der Waals surface area (Å²) >= 11 is 1.74. The summed E-state index contributed by atoms with van der Waals surface area (Å²) in [5.41, 5.74) is 1.83. The Hall–Kier alpha value is -2.15. The maximum Gasteiger partial charge on any atom is 0.336 e. The monoisotopic (exact) mass is 399 g/mol. The van der Waals surface area contributed by atoms with Gasteiger partial charge in [-0.25, -0.2) is 4.79 Å². The molecule has 6 heteroatoms. The Labute approximate surface area is 168 Å². The molecule has 148 valence electrons. The Kier molecular flexibility index (Phi) is 5.80. The Balaban J connectivity index is 1.68. The van der Waals surface area contributed by atoms with Crippen molar-refractivity contribution in [2.45, 2.75) is 45.4 Å². The first-order valence-electron chi connectivity index (χ1n) is 9.77. The fraction of sp³-hybridized carbons (Fsp3) is 0.409. The van der Waals surface area contributed by atoms with Crippen LogP contribution in [0.5, 0.6) is 5.75 Å². The van der Waals surface area contributed by atoms with E-state index in [2.05, 4.69) is 22.4 Å². The van der Waals surface area contributed by atoms with Gasteiger partial charge in [0.15, 0.2) is 0 Å². The standard InChI is InChI=1S/C22H25NO4S/c1-2-15-9-19-16(10-22(25)27-21(19)11-20(15)24)12-23(13-17-5-3-7-26-17)14-18-6-4-8-28-18/h4,6,8-11,17,24H,2-3,5,7,12-14H2,1H3. The van der Waals surface area contributed by atoms with Gasteiger partial charge in [0.25, 0.3) is 0 Å². The highest BCUT2D eigenvalue weighted by atomic mass is 32.1. The van der Waals surface area contributed by atoms with Gasteiger partial charge < -0.3 is 14.3 Å². The van der Waals surface area contributed by atoms with Gasteiger partial charge in [0.2, 0.25) is 0 Å². The zero-order valence-corrected chi connectivity index (χ0v) is 16.8. The summed E-state index contributed by atoms with van der Waals surface area (Å²) in [7, 11) is 0. The normalized spacial score (nSPS) is 17.0. The molecule has 0 spiro atoms. The summed E-state index contributed by atoms with van der Waals surface area (Å²) in [6.45, 7) is 5.11. The Bertz CT molecular complexity index is 990. The number of nitrogens with zero attached hydrogens (tertiary/aromatic N) is 1. The van der Waals surface area contributed by atoms with Gasteiger partial charge in [-0.15, -0.1) is 11.3 Å². The van der Waals surface area contributed by atoms with Gasteiger partial charge in [-0.2, -0.15) is 0 Å². The van der Waals surface area contributed by atoms with Crippen LogP contribution in [0, 0.1) is 0 Å². The maximum atomic E-state index is 12.1. The van der Waals surface area contributed by atoms with Crippen molar-refractivity contribution in [3.63, 3.8) is 0 Å². The number of ether oxygens (including phenoxy) is 1. The molecule has 1 aliphatic rings. The third kappa shape index (κ3) is 4.29. The second-order valence-corrected chi connectivity index (χ2v) is 8.34. The zero-order chi connectivity index (χ0) is 19.5. The molecule has 0 bridgehead atoms. The first-order valence-corrected chi connectivity index (χ1v) is 10.7. The lowest BCUT2D eigenvalue weighted by Gasteiger charge is -2.25. The van der Waals surface area contributed by atoms with E-state index in [9.17, 15) is 9.90 Å². The minimum absolute atomic E-state index is 0.171. The van der Waals surface area contributed by atoms with E-state index in [0.29, 0.717) is 12.1 Å². The third-order valence-electron chi connectivity index (χ3n) is 5.25. The van der Waals surface area contributed by atoms with Crippen molar-refractivity contribution in [3.8, 4) is 5.75 Å². The topological polar surface area (TPSA) is 62.9 Å². The molecule has 0 amide bonds. The number of phenols is 1. The number of hydrogen-bond acceptors (Lipinski definition) is 6. The largest absolute Gasteiger partial charge is 0.508 e. The zero-order valence-electron chi connectivity index (χ0n) is 16.0. The molecule has 5 nitrogen and oxygen atoms in total. The number of rotatable bonds is 7. The summed E-state index contributed by atoms with van der Waals surface area (Å²) in [5.74, 6) is 0.171. The van der Waals surface area contributed by atoms with Crippen LogP contribution in [0.15, 0.2) is 44.9 Å². The van der Waals surface area contributed by atoms with Crippen molar-refractivity contribution >= 4 is 22.3 Å². The number of benzene rings is 1. The SMILES string of the molecule is CCc1cc2c(CN(Cc3cccs3)CC3CCCO3)cc(=O)oc2cc1O. The summed E-state index contributed by atoms with van der Waals surface area (Å²) in [6.07, 6.45) is 3.14. The van der Waals surface area contributed by atoms with E-state index in [1.54, 1.807) is 23.5 Å². The summed E-state index contributed by atoms with van der Waals surface area (Å²) in [4.78, 5) is 15.8. The molecule has 1 fully saturated rings. The lowest BCUT2D eigenvalue weighted by molar-refractivity contribution is 0.0683. The lowest BCUT2D eigenvalue weighted by atomic mass is 10.0. The van der Waals surface area contributed by atoms with E-state index in [1.807, 2.05) is 13.0 Å². The fourth-order valence-electron chi connectivity index (χ4n) is 3.85. The van der Waals surface area contributed by atoms with E-state index in [0.717, 1.165) is 55.5 Å². The molecule has 1 unspecified atom stereocenters. The first-order chi connectivity index (χ1) is 13.6. The smallest absolute Gasteiger partial charge is 0.336 e. The van der Waals surface area contributed by atoms with Gasteiger partial charge in [-0.05, 0) is 47.9 Å². The average molecular weight is 400 g/mol. The van der Waals surface area contributed by atoms with E-state index < -0.39 is 0 Å². The van der Waals surface area contributed by atoms with Crippen molar-refractivity contribution in [1.82, 2.24) is 4.90 Å². The minimum Gasteiger partial charge on any atom is -0.508 e. The number of phenolic OH excluding ortho intramolecular Hbond substituents is 1. The van der Waals surface area contributed by atoms with Crippen molar-refractivity contribution in [2.24, 2.45) is 0 Å². The molecule has 0 radical (unpaired) electrons. The Morgan fingerprint density at radius 2 is 2.14 bits per heavy atom. The third-order valence-corrected chi connectivity index (χ3v) is 6.11. The second kappa shape index (κ2) is 8.47. The molecule has 1 atom stereocenters. The van der Waals surface area contributed by atoms with Gasteiger partial charge in [-0.3, -0.25) is 4.90 Å². The Morgan fingerprint density at radius 3 is 2.86 bits per heavy atom. The lowest BCUT2D eigenvalue weighted by Crippen LogP contribution is -2.31. The predicted octanol–water partition coefficient (Wildman–Crippen LogP) is 4.30. The second-order valence-electron chi connectivity index (χ2n) is 7.31. The molecular weight excluding hydrogens is 374 g/mol. The van der Waals surface area contributed by atoms with Crippen LogP contribution in [0.25, 0.3) is 11.0 Å². The molecule has 1 aromatic carbocycles. The fourth-order valence-corrected chi connectivity index (χ4v) is 4.59. The van der Waals surface area contributed by atoms with E-state index in [1.165, 1.54) is 4.88 Å². The van der Waals surface area contributed by atoms with Gasteiger partial charge in [0.05, 0.1) is 6.10 Å². The number of thiophene rings is 1. The summed E-state index contributed by atoms with van der Waals surface area (Å²) in [5, 5.41) is 13.1. The molecule has 28 heavy (non-hydrogen) atoms. The minimum atomic E-state index is -0.390. The molecule has 2 aromatic heterocycles. The first kappa shape index (κ1) is 19.2. The van der Waals surface area contributed by atoms with Crippen LogP contribution >= 0.6 is 11.3 Å². The molecule has 4 rings (SSSR count). The van der Waals surface area contributed by atoms with Crippen LogP contribution in [0.4, 0.5) is 0 Å². The number of hydrogen-bond donors (Lipinski definition) is 1. The highest BCUT2D eigenvalue weighted by molar-refractivity contribution is 7.09. The molecule has 0 aliphatic carbocycles. The Morgan fingerprint density at radius 1 is 1.25 bits per heavy atom. The molecule has 1 aliphatic heterocycles. The van der Waals surface area contributed by atoms with E-state index >= 15 is 0 Å². The summed E-state index contributed by atoms with van der Waals surface area (Å²) in [6, 6.07) is 9.28. The van der Waals surface area contributed by atoms with Gasteiger partial charge >= 0.3 is 5.63 Å². The molecule has 3 heterocycles. The van der Waals surface area contributed by atoms with Crippen molar-refractivity contribution < 1.29 is 14.3 Å². The van der Waals surface area contributed by atoms with Crippen LogP contribution in [0.3, 0.4) is 0 Å². The van der Waals surface area contributed by atoms with Crippen LogP contribution in [0.1, 0.15) is 35.8 Å². The number of fused-ring (bicyclic) bond motifs is 1. The van der Waals surface area contributed by atoms with Crippen LogP contribution in [-0.4, -0.2) is 29.3 Å². The molecule has 1 N–H and O–H groups in total. The molecule has 3 aromatic rings. The number of aryl methyl sites for hydroxylation is 1. The quantitative estimate of drug-likeness (QED) is 0.600. The van der Waals surface area contributed by atoms with Crippen molar-refractivity contribution in [2.75, 3.05) is 13.2 Å². The summed E-state index contributed by atoms with van der Waals surface area (Å²) < 4.78 is 11.2. The van der Waals surface area contributed by atoms with E-state index in [4.69, 9.17) is 9.15 Å². The van der Waals surface area contributed by atoms with Crippen molar-refractivity contribution in [1.29, 1.82) is 0 Å².